The van der Waals surface area contributed by atoms with Gasteiger partial charge in [0.05, 0.1) is 29.3 Å². The summed E-state index contributed by atoms with van der Waals surface area (Å²) < 4.78 is 5.08. The average molecular weight is 475 g/mol. The molecule has 178 valence electrons. The van der Waals surface area contributed by atoms with Crippen molar-refractivity contribution in [3.63, 3.8) is 0 Å². The summed E-state index contributed by atoms with van der Waals surface area (Å²) in [6, 6.07) is 15.6. The third-order valence-electron chi connectivity index (χ3n) is 5.17. The lowest BCUT2D eigenvalue weighted by Gasteiger charge is -2.18. The number of rotatable bonds is 8. The highest BCUT2D eigenvalue weighted by molar-refractivity contribution is 6.03. The monoisotopic (exact) mass is 475 g/mol. The molecule has 0 spiro atoms. The van der Waals surface area contributed by atoms with Crippen molar-refractivity contribution >= 4 is 34.2 Å². The Balaban J connectivity index is 1.45. The Kier molecular flexibility index (Phi) is 6.86. The third-order valence-corrected chi connectivity index (χ3v) is 5.17. The van der Waals surface area contributed by atoms with Crippen LogP contribution in [0.25, 0.3) is 10.8 Å². The van der Waals surface area contributed by atoms with Crippen molar-refractivity contribution in [3.05, 3.63) is 99.0 Å². The normalized spacial score (nSPS) is 11.5. The van der Waals surface area contributed by atoms with Gasteiger partial charge in [-0.2, -0.15) is 0 Å². The number of furan rings is 1. The number of benzene rings is 2. The molecule has 0 bridgehead atoms. The van der Waals surface area contributed by atoms with E-state index < -0.39 is 41.4 Å². The minimum absolute atomic E-state index is 0.0172. The molecule has 2 heterocycles. The molecule has 1 unspecified atom stereocenters. The molecule has 1 atom stereocenters. The summed E-state index contributed by atoms with van der Waals surface area (Å²) in [6.07, 6.45) is 1.53. The fourth-order valence-electron chi connectivity index (χ4n) is 3.51. The Morgan fingerprint density at radius 1 is 0.886 bits per heavy atom. The second-order valence-electron chi connectivity index (χ2n) is 7.60. The van der Waals surface area contributed by atoms with Gasteiger partial charge in [0.25, 0.3) is 17.0 Å². The minimum atomic E-state index is -0.984. The number of aromatic amines is 2. The Morgan fingerprint density at radius 2 is 1.66 bits per heavy atom. The van der Waals surface area contributed by atoms with E-state index in [1.807, 2.05) is 30.3 Å². The number of hydrogen-bond donors (Lipinski definition) is 5. The molecule has 0 aliphatic rings. The van der Waals surface area contributed by atoms with Gasteiger partial charge in [0.2, 0.25) is 11.8 Å². The van der Waals surface area contributed by atoms with Gasteiger partial charge in [-0.25, -0.2) is 0 Å². The zero-order valence-electron chi connectivity index (χ0n) is 18.3. The molecule has 2 aromatic carbocycles. The zero-order valence-corrected chi connectivity index (χ0v) is 18.3. The molecule has 0 aliphatic carbocycles. The molecule has 35 heavy (non-hydrogen) atoms. The van der Waals surface area contributed by atoms with Crippen molar-refractivity contribution in [3.8, 4) is 0 Å². The maximum Gasteiger partial charge on any atom is 0.287 e. The zero-order chi connectivity index (χ0) is 24.8. The summed E-state index contributed by atoms with van der Waals surface area (Å²) >= 11 is 0. The number of aromatic nitrogens is 2. The van der Waals surface area contributed by atoms with Crippen molar-refractivity contribution in [1.82, 2.24) is 20.8 Å². The second kappa shape index (κ2) is 10.3. The van der Waals surface area contributed by atoms with Gasteiger partial charge in [-0.3, -0.25) is 34.2 Å². The Bertz CT molecular complexity index is 1470. The van der Waals surface area contributed by atoms with Gasteiger partial charge in [0.1, 0.15) is 6.04 Å². The first-order valence-corrected chi connectivity index (χ1v) is 10.6. The predicted octanol–water partition coefficient (Wildman–Crippen LogP) is 0.905. The van der Waals surface area contributed by atoms with Crippen LogP contribution in [0.15, 0.2) is 80.9 Å². The molecular weight excluding hydrogens is 454 g/mol. The summed E-state index contributed by atoms with van der Waals surface area (Å²) in [6.45, 7) is -0.432. The number of hydrogen-bond acceptors (Lipinski definition) is 6. The first kappa shape index (κ1) is 23.2. The molecule has 11 nitrogen and oxygen atoms in total. The maximum absolute atomic E-state index is 12.9. The van der Waals surface area contributed by atoms with E-state index in [4.69, 9.17) is 4.42 Å². The van der Waals surface area contributed by atoms with Gasteiger partial charge in [-0.15, -0.1) is 0 Å². The lowest BCUT2D eigenvalue weighted by atomic mass is 10.1. The average Bonchev–Trinajstić information content (AvgIpc) is 3.40. The predicted molar refractivity (Wildman–Crippen MR) is 127 cm³/mol. The fourth-order valence-corrected chi connectivity index (χ4v) is 3.51. The van der Waals surface area contributed by atoms with Gasteiger partial charge in [0, 0.05) is 6.42 Å². The van der Waals surface area contributed by atoms with Crippen LogP contribution in [0.5, 0.6) is 0 Å². The van der Waals surface area contributed by atoms with Crippen LogP contribution in [-0.2, 0) is 16.0 Å². The smallest absolute Gasteiger partial charge is 0.287 e. The van der Waals surface area contributed by atoms with Gasteiger partial charge in [-0.1, -0.05) is 36.4 Å². The molecule has 0 saturated carbocycles. The van der Waals surface area contributed by atoms with Crippen LogP contribution >= 0.6 is 0 Å². The highest BCUT2D eigenvalue weighted by Gasteiger charge is 2.23. The summed E-state index contributed by atoms with van der Waals surface area (Å²) in [5.41, 5.74) is -0.166. The third kappa shape index (κ3) is 5.53. The Morgan fingerprint density at radius 3 is 2.40 bits per heavy atom. The number of H-pyrrole nitrogens is 2. The largest absolute Gasteiger partial charge is 0.459 e. The van der Waals surface area contributed by atoms with Crippen LogP contribution in [0.4, 0.5) is 5.69 Å². The Labute approximate surface area is 197 Å². The number of anilines is 1. The van der Waals surface area contributed by atoms with Crippen molar-refractivity contribution in [2.45, 2.75) is 12.5 Å². The van der Waals surface area contributed by atoms with Crippen molar-refractivity contribution in [2.75, 3.05) is 11.9 Å². The summed E-state index contributed by atoms with van der Waals surface area (Å²) in [5, 5.41) is 12.2. The number of carbonyl (C=O) groups is 3. The topological polar surface area (TPSA) is 166 Å². The van der Waals surface area contributed by atoms with Crippen LogP contribution < -0.4 is 27.1 Å². The summed E-state index contributed by atoms with van der Waals surface area (Å²) in [5.74, 6) is -1.74. The van der Waals surface area contributed by atoms with E-state index in [1.165, 1.54) is 30.5 Å². The molecular formula is C24H21N5O6. The van der Waals surface area contributed by atoms with E-state index in [9.17, 15) is 24.0 Å². The van der Waals surface area contributed by atoms with E-state index in [-0.39, 0.29) is 28.6 Å². The number of carbonyl (C=O) groups excluding carboxylic acids is 3. The minimum Gasteiger partial charge on any atom is -0.459 e. The molecule has 2 aromatic heterocycles. The van der Waals surface area contributed by atoms with Gasteiger partial charge < -0.3 is 20.4 Å². The van der Waals surface area contributed by atoms with E-state index >= 15 is 0 Å². The number of amides is 3. The molecule has 0 aliphatic heterocycles. The maximum atomic E-state index is 12.9. The fraction of sp³-hybridized carbons (Fsp3) is 0.125. The van der Waals surface area contributed by atoms with Crippen LogP contribution in [0.2, 0.25) is 0 Å². The molecule has 0 saturated heterocycles. The Hall–Kier alpha value is -4.93. The first-order valence-electron chi connectivity index (χ1n) is 10.6. The van der Waals surface area contributed by atoms with E-state index in [0.717, 1.165) is 5.56 Å². The molecule has 0 fully saturated rings. The molecule has 4 aromatic rings. The number of nitrogens with one attached hydrogen (secondary N) is 5. The van der Waals surface area contributed by atoms with Crippen LogP contribution in [-0.4, -0.2) is 40.5 Å². The molecule has 0 radical (unpaired) electrons. The highest BCUT2D eigenvalue weighted by atomic mass is 16.3. The highest BCUT2D eigenvalue weighted by Crippen LogP contribution is 2.16. The molecule has 11 heteroatoms. The summed E-state index contributed by atoms with van der Waals surface area (Å²) in [4.78, 5) is 62.0. The summed E-state index contributed by atoms with van der Waals surface area (Å²) in [7, 11) is 0. The van der Waals surface area contributed by atoms with E-state index in [2.05, 4.69) is 26.1 Å². The molecule has 5 N–H and O–H groups in total. The molecule has 3 amide bonds. The van der Waals surface area contributed by atoms with Gasteiger partial charge in [-0.05, 0) is 29.8 Å². The SMILES string of the molecule is O=C(CNC(=O)C(Cc1ccccc1)NC(=O)c1ccco1)Nc1cccc2c(=O)[nH][nH]c(=O)c12. The van der Waals surface area contributed by atoms with Gasteiger partial charge in [0.15, 0.2) is 5.76 Å². The first-order chi connectivity index (χ1) is 16.9. The van der Waals surface area contributed by atoms with E-state index in [0.29, 0.717) is 0 Å². The quantitative estimate of drug-likeness (QED) is 0.254. The van der Waals surface area contributed by atoms with E-state index in [1.54, 1.807) is 6.07 Å². The lowest BCUT2D eigenvalue weighted by molar-refractivity contribution is -0.125. The van der Waals surface area contributed by atoms with Crippen molar-refractivity contribution < 1.29 is 18.8 Å². The lowest BCUT2D eigenvalue weighted by Crippen LogP contribution is -2.49. The van der Waals surface area contributed by atoms with Crippen LogP contribution in [0.3, 0.4) is 0 Å². The standard InChI is InChI=1S/C24H21N5O6/c30-19(26-16-9-4-8-15-20(16)24(34)29-28-21(15)31)13-25-22(32)17(12-14-6-2-1-3-7-14)27-23(33)18-10-5-11-35-18/h1-11,17H,12-13H2,(H,25,32)(H,26,30)(H,27,33)(H,28,31)(H,29,34). The van der Waals surface area contributed by atoms with Crippen molar-refractivity contribution in [1.29, 1.82) is 0 Å². The van der Waals surface area contributed by atoms with Gasteiger partial charge >= 0.3 is 0 Å². The van der Waals surface area contributed by atoms with Crippen molar-refractivity contribution in [2.24, 2.45) is 0 Å². The van der Waals surface area contributed by atoms with Crippen LogP contribution in [0, 0.1) is 0 Å². The number of fused-ring (bicyclic) bond motifs is 1. The molecule has 4 rings (SSSR count). The second-order valence-corrected chi connectivity index (χ2v) is 7.60. The van der Waals surface area contributed by atoms with Crippen LogP contribution in [0.1, 0.15) is 16.1 Å².